The van der Waals surface area contributed by atoms with E-state index in [-0.39, 0.29) is 29.8 Å². The molecule has 7 nitrogen and oxygen atoms in total. The van der Waals surface area contributed by atoms with Crippen molar-refractivity contribution in [2.24, 2.45) is 0 Å². The van der Waals surface area contributed by atoms with E-state index in [9.17, 15) is 18.0 Å². The van der Waals surface area contributed by atoms with Crippen LogP contribution in [0.5, 0.6) is 0 Å². The summed E-state index contributed by atoms with van der Waals surface area (Å²) in [5.41, 5.74) is 3.12. The minimum atomic E-state index is -4.13. The van der Waals surface area contributed by atoms with Crippen molar-refractivity contribution in [2.45, 2.75) is 63.6 Å². The van der Waals surface area contributed by atoms with Crippen molar-refractivity contribution in [3.63, 3.8) is 0 Å². The number of hydrogen-bond acceptors (Lipinski definition) is 4. The standard InChI is InChI=1S/C36H40BrN3O4S/c1-4-27(3)38-36(42)34(24-29-12-8-6-9-13-29)39(25-30-16-20-31(37)21-17-30)35(41)26-40(32-22-18-28(5-2)19-23-32)45(43,44)33-14-10-7-11-15-33/h6-23,27,34H,4-5,24-26H2,1-3H3,(H,38,42). The molecule has 0 fully saturated rings. The maximum absolute atomic E-state index is 14.5. The number of benzene rings is 4. The number of hydrogen-bond donors (Lipinski definition) is 1. The van der Waals surface area contributed by atoms with Crippen LogP contribution in [-0.4, -0.2) is 43.8 Å². The summed E-state index contributed by atoms with van der Waals surface area (Å²) < 4.78 is 30.2. The molecule has 0 saturated carbocycles. The molecule has 2 atom stereocenters. The average molecular weight is 691 g/mol. The van der Waals surface area contributed by atoms with E-state index < -0.39 is 28.5 Å². The molecule has 0 bridgehead atoms. The predicted octanol–water partition coefficient (Wildman–Crippen LogP) is 6.76. The van der Waals surface area contributed by atoms with Gasteiger partial charge in [-0.3, -0.25) is 13.9 Å². The highest BCUT2D eigenvalue weighted by Gasteiger charge is 2.35. The molecule has 0 aliphatic rings. The van der Waals surface area contributed by atoms with Gasteiger partial charge in [0.05, 0.1) is 10.6 Å². The van der Waals surface area contributed by atoms with Crippen LogP contribution in [0, 0.1) is 0 Å². The van der Waals surface area contributed by atoms with Crippen LogP contribution in [0.15, 0.2) is 119 Å². The normalized spacial score (nSPS) is 12.6. The highest BCUT2D eigenvalue weighted by molar-refractivity contribution is 9.10. The Hall–Kier alpha value is -3.95. The van der Waals surface area contributed by atoms with Crippen molar-refractivity contribution >= 4 is 43.5 Å². The first-order valence-electron chi connectivity index (χ1n) is 15.2. The number of halogens is 1. The van der Waals surface area contributed by atoms with E-state index in [2.05, 4.69) is 21.2 Å². The van der Waals surface area contributed by atoms with E-state index in [4.69, 9.17) is 0 Å². The zero-order chi connectivity index (χ0) is 32.4. The van der Waals surface area contributed by atoms with Gasteiger partial charge in [0.2, 0.25) is 11.8 Å². The van der Waals surface area contributed by atoms with Crippen LogP contribution >= 0.6 is 15.9 Å². The van der Waals surface area contributed by atoms with Crippen molar-refractivity contribution in [2.75, 3.05) is 10.8 Å². The Kier molecular flexibility index (Phi) is 12.0. The Labute approximate surface area is 275 Å². The van der Waals surface area contributed by atoms with E-state index in [1.807, 2.05) is 87.5 Å². The molecule has 4 rings (SSSR count). The Bertz CT molecular complexity index is 1650. The summed E-state index contributed by atoms with van der Waals surface area (Å²) in [6.07, 6.45) is 1.78. The fourth-order valence-corrected chi connectivity index (χ4v) is 6.63. The van der Waals surface area contributed by atoms with Crippen LogP contribution in [0.4, 0.5) is 5.69 Å². The molecule has 1 N–H and O–H groups in total. The number of nitrogens with one attached hydrogen (secondary N) is 1. The highest BCUT2D eigenvalue weighted by atomic mass is 79.9. The van der Waals surface area contributed by atoms with Gasteiger partial charge in [-0.25, -0.2) is 8.42 Å². The zero-order valence-electron chi connectivity index (χ0n) is 25.9. The number of rotatable bonds is 14. The molecule has 0 spiro atoms. The summed E-state index contributed by atoms with van der Waals surface area (Å²) >= 11 is 3.47. The summed E-state index contributed by atoms with van der Waals surface area (Å²) in [4.78, 5) is 30.0. The van der Waals surface area contributed by atoms with E-state index in [1.54, 1.807) is 30.3 Å². The van der Waals surface area contributed by atoms with Crippen molar-refractivity contribution in [1.29, 1.82) is 0 Å². The Balaban J connectivity index is 1.79. The van der Waals surface area contributed by atoms with Crippen molar-refractivity contribution in [3.8, 4) is 0 Å². The van der Waals surface area contributed by atoms with Gasteiger partial charge in [-0.05, 0) is 72.9 Å². The SMILES string of the molecule is CCc1ccc(N(CC(=O)N(Cc2ccc(Br)cc2)C(Cc2ccccc2)C(=O)NC(C)CC)S(=O)(=O)c2ccccc2)cc1. The number of aryl methyl sites for hydroxylation is 1. The van der Waals surface area contributed by atoms with Gasteiger partial charge in [-0.15, -0.1) is 0 Å². The van der Waals surface area contributed by atoms with Crippen LogP contribution in [0.3, 0.4) is 0 Å². The van der Waals surface area contributed by atoms with Gasteiger partial charge >= 0.3 is 0 Å². The molecule has 0 aromatic heterocycles. The molecule has 236 valence electrons. The lowest BCUT2D eigenvalue weighted by atomic mass is 10.0. The van der Waals surface area contributed by atoms with E-state index in [0.29, 0.717) is 5.69 Å². The number of amides is 2. The summed E-state index contributed by atoms with van der Waals surface area (Å²) in [5, 5.41) is 3.06. The fourth-order valence-electron chi connectivity index (χ4n) is 4.93. The second kappa shape index (κ2) is 15.9. The molecular weight excluding hydrogens is 650 g/mol. The molecule has 4 aromatic rings. The maximum atomic E-state index is 14.5. The number of nitrogens with zero attached hydrogens (tertiary/aromatic N) is 2. The van der Waals surface area contributed by atoms with E-state index in [1.165, 1.54) is 17.0 Å². The van der Waals surface area contributed by atoms with Gasteiger partial charge in [0.15, 0.2) is 0 Å². The molecular formula is C36H40BrN3O4S. The Morgan fingerprint density at radius 2 is 1.36 bits per heavy atom. The zero-order valence-corrected chi connectivity index (χ0v) is 28.3. The molecule has 0 radical (unpaired) electrons. The number of carbonyl (C=O) groups excluding carboxylic acids is 2. The summed E-state index contributed by atoms with van der Waals surface area (Å²) in [6, 6.07) is 31.4. The van der Waals surface area contributed by atoms with Gasteiger partial charge in [-0.2, -0.15) is 0 Å². The maximum Gasteiger partial charge on any atom is 0.264 e. The van der Waals surface area contributed by atoms with Crippen LogP contribution in [0.2, 0.25) is 0 Å². The van der Waals surface area contributed by atoms with Gasteiger partial charge in [0, 0.05) is 23.5 Å². The summed E-state index contributed by atoms with van der Waals surface area (Å²) in [6.45, 7) is 5.56. The van der Waals surface area contributed by atoms with Crippen LogP contribution < -0.4 is 9.62 Å². The van der Waals surface area contributed by atoms with E-state index >= 15 is 0 Å². The molecule has 0 heterocycles. The van der Waals surface area contributed by atoms with Gasteiger partial charge in [0.25, 0.3) is 10.0 Å². The van der Waals surface area contributed by atoms with Gasteiger partial charge < -0.3 is 10.2 Å². The Morgan fingerprint density at radius 1 is 0.778 bits per heavy atom. The predicted molar refractivity (Wildman–Crippen MR) is 183 cm³/mol. The fraction of sp³-hybridized carbons (Fsp3) is 0.278. The molecule has 2 unspecified atom stereocenters. The quantitative estimate of drug-likeness (QED) is 0.159. The topological polar surface area (TPSA) is 86.8 Å². The largest absolute Gasteiger partial charge is 0.352 e. The average Bonchev–Trinajstić information content (AvgIpc) is 3.06. The number of anilines is 1. The van der Waals surface area contributed by atoms with Crippen molar-refractivity contribution in [1.82, 2.24) is 10.2 Å². The molecule has 4 aromatic carbocycles. The van der Waals surface area contributed by atoms with Gasteiger partial charge in [-0.1, -0.05) is 103 Å². The molecule has 0 aliphatic carbocycles. The number of carbonyl (C=O) groups is 2. The third kappa shape index (κ3) is 9.05. The summed E-state index contributed by atoms with van der Waals surface area (Å²) in [7, 11) is -4.13. The number of sulfonamides is 1. The molecule has 9 heteroatoms. The first kappa shape index (κ1) is 33.9. The second-order valence-electron chi connectivity index (χ2n) is 11.0. The van der Waals surface area contributed by atoms with E-state index in [0.717, 1.165) is 38.3 Å². The molecule has 45 heavy (non-hydrogen) atoms. The van der Waals surface area contributed by atoms with Crippen molar-refractivity contribution < 1.29 is 18.0 Å². The second-order valence-corrected chi connectivity index (χ2v) is 13.8. The third-order valence-corrected chi connectivity index (χ3v) is 10.1. The molecule has 2 amide bonds. The highest BCUT2D eigenvalue weighted by Crippen LogP contribution is 2.26. The molecule has 0 saturated heterocycles. The smallest absolute Gasteiger partial charge is 0.264 e. The minimum absolute atomic E-state index is 0.0761. The lowest BCUT2D eigenvalue weighted by Gasteiger charge is -2.34. The van der Waals surface area contributed by atoms with Crippen LogP contribution in [0.1, 0.15) is 43.9 Å². The lowest BCUT2D eigenvalue weighted by molar-refractivity contribution is -0.140. The van der Waals surface area contributed by atoms with Gasteiger partial charge in [0.1, 0.15) is 12.6 Å². The first-order valence-corrected chi connectivity index (χ1v) is 17.4. The van der Waals surface area contributed by atoms with Crippen molar-refractivity contribution in [3.05, 3.63) is 130 Å². The van der Waals surface area contributed by atoms with Crippen LogP contribution in [-0.2, 0) is 39.0 Å². The summed E-state index contributed by atoms with van der Waals surface area (Å²) in [5.74, 6) is -0.777. The molecule has 0 aliphatic heterocycles. The van der Waals surface area contributed by atoms with Crippen LogP contribution in [0.25, 0.3) is 0 Å². The minimum Gasteiger partial charge on any atom is -0.352 e. The lowest BCUT2D eigenvalue weighted by Crippen LogP contribution is -2.54. The monoisotopic (exact) mass is 689 g/mol. The Morgan fingerprint density at radius 3 is 1.93 bits per heavy atom. The third-order valence-electron chi connectivity index (χ3n) is 7.78. The first-order chi connectivity index (χ1) is 21.6.